The number of likely N-dealkylation sites (N-methyl/N-ethyl adjacent to an activating group) is 1. The van der Waals surface area contributed by atoms with Gasteiger partial charge in [-0.1, -0.05) is 18.1 Å². The van der Waals surface area contributed by atoms with Crippen LogP contribution in [0.5, 0.6) is 11.5 Å². The van der Waals surface area contributed by atoms with E-state index in [1.165, 1.54) is 0 Å². The molecule has 0 spiro atoms. The Hall–Kier alpha value is -3.35. The second-order valence-electron chi connectivity index (χ2n) is 7.27. The molecule has 0 aliphatic carbocycles. The Bertz CT molecular complexity index is 978. The molecular weight excluding hydrogens is 382 g/mol. The van der Waals surface area contributed by atoms with Crippen LogP contribution in [0.4, 0.5) is 0 Å². The number of hydrogen-bond acceptors (Lipinski definition) is 6. The third kappa shape index (κ3) is 5.17. The topological polar surface area (TPSA) is 77.7 Å². The molecule has 1 atom stereocenters. The quantitative estimate of drug-likeness (QED) is 0.555. The second kappa shape index (κ2) is 9.43. The number of rotatable bonds is 8. The summed E-state index contributed by atoms with van der Waals surface area (Å²) in [5.74, 6) is 2.13. The summed E-state index contributed by atoms with van der Waals surface area (Å²) in [5.41, 5.74) is 3.00. The smallest absolute Gasteiger partial charge is 0.263 e. The number of methoxy groups -OCH3 is 1. The van der Waals surface area contributed by atoms with E-state index in [1.54, 1.807) is 19.1 Å². The van der Waals surface area contributed by atoms with Crippen LogP contribution in [0, 0.1) is 13.8 Å². The number of hydrogen-bond donors (Lipinski definition) is 0. The number of aryl methyl sites for hydroxylation is 2. The normalized spacial score (nSPS) is 11.8. The van der Waals surface area contributed by atoms with E-state index in [4.69, 9.17) is 14.0 Å². The summed E-state index contributed by atoms with van der Waals surface area (Å²) in [5, 5.41) is 4.01. The van der Waals surface area contributed by atoms with Crippen LogP contribution in [0.15, 0.2) is 47.0 Å². The zero-order chi connectivity index (χ0) is 21.7. The first-order valence-electron chi connectivity index (χ1n) is 9.86. The molecule has 0 saturated heterocycles. The summed E-state index contributed by atoms with van der Waals surface area (Å²) < 4.78 is 16.5. The van der Waals surface area contributed by atoms with Gasteiger partial charge in [0.15, 0.2) is 6.10 Å². The molecule has 0 aliphatic heterocycles. The Labute approximate surface area is 176 Å². The van der Waals surface area contributed by atoms with Crippen molar-refractivity contribution in [2.24, 2.45) is 0 Å². The van der Waals surface area contributed by atoms with Gasteiger partial charge in [0.2, 0.25) is 11.7 Å². The number of carbonyl (C=O) groups is 1. The van der Waals surface area contributed by atoms with Gasteiger partial charge in [-0.15, -0.1) is 0 Å². The summed E-state index contributed by atoms with van der Waals surface area (Å²) in [4.78, 5) is 18.8. The van der Waals surface area contributed by atoms with Crippen LogP contribution in [0.25, 0.3) is 11.4 Å². The maximum atomic E-state index is 12.9. The summed E-state index contributed by atoms with van der Waals surface area (Å²) >= 11 is 0. The first kappa shape index (κ1) is 21.4. The largest absolute Gasteiger partial charge is 0.497 e. The molecule has 0 saturated carbocycles. The first-order valence-corrected chi connectivity index (χ1v) is 9.86. The minimum atomic E-state index is -0.583. The SMILES string of the molecule is CC[C@H](Oc1cc(C)cc(C)c1)C(=O)N(C)Cc1nc(-c2ccc(OC)cc2)no1. The monoisotopic (exact) mass is 409 g/mol. The molecule has 1 amide bonds. The van der Waals surface area contributed by atoms with Crippen LogP contribution in [0.3, 0.4) is 0 Å². The predicted octanol–water partition coefficient (Wildman–Crippen LogP) is 4.18. The maximum Gasteiger partial charge on any atom is 0.263 e. The number of amides is 1. The van der Waals surface area contributed by atoms with E-state index in [2.05, 4.69) is 16.2 Å². The number of ether oxygens (including phenoxy) is 2. The Kier molecular flexibility index (Phi) is 6.72. The molecule has 7 nitrogen and oxygen atoms in total. The van der Waals surface area contributed by atoms with Gasteiger partial charge in [0.05, 0.1) is 13.7 Å². The maximum absolute atomic E-state index is 12.9. The van der Waals surface area contributed by atoms with Gasteiger partial charge in [0.25, 0.3) is 5.91 Å². The molecule has 0 N–H and O–H groups in total. The predicted molar refractivity (Wildman–Crippen MR) is 113 cm³/mol. The van der Waals surface area contributed by atoms with Gasteiger partial charge in [-0.3, -0.25) is 4.79 Å². The lowest BCUT2D eigenvalue weighted by Crippen LogP contribution is -2.39. The highest BCUT2D eigenvalue weighted by Crippen LogP contribution is 2.21. The van der Waals surface area contributed by atoms with Crippen LogP contribution >= 0.6 is 0 Å². The minimum absolute atomic E-state index is 0.138. The van der Waals surface area contributed by atoms with Gasteiger partial charge < -0.3 is 18.9 Å². The van der Waals surface area contributed by atoms with Crippen molar-refractivity contribution in [3.8, 4) is 22.9 Å². The Morgan fingerprint density at radius 3 is 2.37 bits per heavy atom. The number of carbonyl (C=O) groups excluding carboxylic acids is 1. The van der Waals surface area contributed by atoms with E-state index in [0.717, 1.165) is 22.4 Å². The Balaban J connectivity index is 1.66. The van der Waals surface area contributed by atoms with E-state index in [0.29, 0.717) is 23.9 Å². The molecule has 0 bridgehead atoms. The molecule has 3 aromatic rings. The van der Waals surface area contributed by atoms with Crippen LogP contribution in [-0.2, 0) is 11.3 Å². The van der Waals surface area contributed by atoms with Gasteiger partial charge in [-0.05, 0) is 67.8 Å². The highest BCUT2D eigenvalue weighted by Gasteiger charge is 2.24. The first-order chi connectivity index (χ1) is 14.4. The van der Waals surface area contributed by atoms with Crippen molar-refractivity contribution in [1.29, 1.82) is 0 Å². The third-order valence-electron chi connectivity index (χ3n) is 4.68. The molecule has 7 heteroatoms. The minimum Gasteiger partial charge on any atom is -0.497 e. The highest BCUT2D eigenvalue weighted by molar-refractivity contribution is 5.81. The van der Waals surface area contributed by atoms with Crippen molar-refractivity contribution >= 4 is 5.91 Å². The van der Waals surface area contributed by atoms with Crippen molar-refractivity contribution in [1.82, 2.24) is 15.0 Å². The zero-order valence-electron chi connectivity index (χ0n) is 18.0. The van der Waals surface area contributed by atoms with E-state index in [9.17, 15) is 4.79 Å². The van der Waals surface area contributed by atoms with Crippen LogP contribution in [-0.4, -0.2) is 41.2 Å². The second-order valence-corrected chi connectivity index (χ2v) is 7.27. The van der Waals surface area contributed by atoms with Gasteiger partial charge in [-0.2, -0.15) is 4.98 Å². The summed E-state index contributed by atoms with van der Waals surface area (Å²) in [6, 6.07) is 13.3. The van der Waals surface area contributed by atoms with E-state index in [-0.39, 0.29) is 12.5 Å². The van der Waals surface area contributed by atoms with Crippen molar-refractivity contribution in [2.45, 2.75) is 39.8 Å². The molecule has 0 radical (unpaired) electrons. The lowest BCUT2D eigenvalue weighted by atomic mass is 10.1. The van der Waals surface area contributed by atoms with Crippen molar-refractivity contribution in [2.75, 3.05) is 14.2 Å². The summed E-state index contributed by atoms with van der Waals surface area (Å²) in [6.45, 7) is 6.14. The van der Waals surface area contributed by atoms with E-state index in [1.807, 2.05) is 57.2 Å². The van der Waals surface area contributed by atoms with Crippen molar-refractivity contribution < 1.29 is 18.8 Å². The molecule has 2 aromatic carbocycles. The van der Waals surface area contributed by atoms with Gasteiger partial charge in [0.1, 0.15) is 11.5 Å². The Morgan fingerprint density at radius 2 is 1.77 bits per heavy atom. The van der Waals surface area contributed by atoms with Gasteiger partial charge in [-0.25, -0.2) is 0 Å². The molecule has 0 fully saturated rings. The molecular formula is C23H27N3O4. The molecule has 3 rings (SSSR count). The Morgan fingerprint density at radius 1 is 1.10 bits per heavy atom. The number of aromatic nitrogens is 2. The fraction of sp³-hybridized carbons (Fsp3) is 0.348. The lowest BCUT2D eigenvalue weighted by molar-refractivity contribution is -0.138. The standard InChI is InChI=1S/C23H27N3O4/c1-6-20(29-19-12-15(2)11-16(3)13-19)23(27)26(4)14-21-24-22(25-30-21)17-7-9-18(28-5)10-8-17/h7-13,20H,6,14H2,1-5H3/t20-/m0/s1. The molecule has 1 heterocycles. The highest BCUT2D eigenvalue weighted by atomic mass is 16.5. The molecule has 30 heavy (non-hydrogen) atoms. The van der Waals surface area contributed by atoms with E-state index < -0.39 is 6.10 Å². The zero-order valence-corrected chi connectivity index (χ0v) is 18.0. The molecule has 0 aliphatic rings. The van der Waals surface area contributed by atoms with Crippen LogP contribution in [0.2, 0.25) is 0 Å². The summed E-state index contributed by atoms with van der Waals surface area (Å²) in [6.07, 6.45) is -0.0305. The van der Waals surface area contributed by atoms with E-state index >= 15 is 0 Å². The molecule has 1 aromatic heterocycles. The number of nitrogens with zero attached hydrogens (tertiary/aromatic N) is 3. The molecule has 158 valence electrons. The van der Waals surface area contributed by atoms with Crippen LogP contribution in [0.1, 0.15) is 30.4 Å². The van der Waals surface area contributed by atoms with Crippen molar-refractivity contribution in [3.63, 3.8) is 0 Å². The average Bonchev–Trinajstić information content (AvgIpc) is 3.19. The van der Waals surface area contributed by atoms with Crippen LogP contribution < -0.4 is 9.47 Å². The summed E-state index contributed by atoms with van der Waals surface area (Å²) in [7, 11) is 3.31. The van der Waals surface area contributed by atoms with Gasteiger partial charge in [0, 0.05) is 12.6 Å². The molecule has 0 unspecified atom stereocenters. The third-order valence-corrected chi connectivity index (χ3v) is 4.68. The van der Waals surface area contributed by atoms with Gasteiger partial charge >= 0.3 is 0 Å². The van der Waals surface area contributed by atoms with Crippen molar-refractivity contribution in [3.05, 3.63) is 59.5 Å². The fourth-order valence-corrected chi connectivity index (χ4v) is 3.18. The number of benzene rings is 2. The lowest BCUT2D eigenvalue weighted by Gasteiger charge is -2.23. The average molecular weight is 409 g/mol. The fourth-order valence-electron chi connectivity index (χ4n) is 3.18.